The van der Waals surface area contributed by atoms with Crippen molar-refractivity contribution in [3.63, 3.8) is 0 Å². The molecule has 1 aromatic carbocycles. The average molecular weight is 486 g/mol. The van der Waals surface area contributed by atoms with Crippen LogP contribution in [0, 0.1) is 29.1 Å². The first-order chi connectivity index (χ1) is 16.7. The Morgan fingerprint density at radius 3 is 2.51 bits per heavy atom. The molecule has 4 rings (SSSR count). The standard InChI is InChI=1S/C25H26F3N5O2/c1-30-23(34)21-15-33(19-5-4-17(12-29)22(11-19)25(26,27)28)14-20(21)16-6-9-32(10-7-16)24(35)18-3-2-8-31-13-18/h2-5,8,11,13,16,20-21H,6-7,9-10,14-15H2,1H3,(H,30,34)/t20-,21+/m0/s1. The fourth-order valence-electron chi connectivity index (χ4n) is 5.24. The van der Waals surface area contributed by atoms with Gasteiger partial charge in [0, 0.05) is 51.3 Å². The molecule has 1 N–H and O–H groups in total. The highest BCUT2D eigenvalue weighted by atomic mass is 19.4. The number of alkyl halides is 3. The van der Waals surface area contributed by atoms with E-state index in [1.165, 1.54) is 18.3 Å². The first kappa shape index (κ1) is 24.5. The monoisotopic (exact) mass is 485 g/mol. The number of anilines is 1. The maximum Gasteiger partial charge on any atom is 0.417 e. The highest BCUT2D eigenvalue weighted by Crippen LogP contribution is 2.40. The summed E-state index contributed by atoms with van der Waals surface area (Å²) in [5.41, 5.74) is -0.524. The lowest BCUT2D eigenvalue weighted by Gasteiger charge is -2.36. The number of nitrogens with one attached hydrogen (secondary N) is 1. The number of halogens is 3. The highest BCUT2D eigenvalue weighted by Gasteiger charge is 2.43. The van der Waals surface area contributed by atoms with Gasteiger partial charge in [0.2, 0.25) is 5.91 Å². The number of nitriles is 1. The molecular formula is C25H26F3N5O2. The van der Waals surface area contributed by atoms with Crippen LogP contribution in [0.15, 0.2) is 42.7 Å². The minimum atomic E-state index is -4.64. The number of hydrogen-bond acceptors (Lipinski definition) is 5. The van der Waals surface area contributed by atoms with Gasteiger partial charge in [0.15, 0.2) is 0 Å². The molecule has 2 aromatic rings. The number of likely N-dealkylation sites (tertiary alicyclic amines) is 1. The van der Waals surface area contributed by atoms with E-state index in [-0.39, 0.29) is 29.6 Å². The summed E-state index contributed by atoms with van der Waals surface area (Å²) >= 11 is 0. The fraction of sp³-hybridized carbons (Fsp3) is 0.440. The van der Waals surface area contributed by atoms with Crippen LogP contribution in [0.2, 0.25) is 0 Å². The van der Waals surface area contributed by atoms with E-state index in [4.69, 9.17) is 5.26 Å². The van der Waals surface area contributed by atoms with E-state index >= 15 is 0 Å². The molecule has 3 heterocycles. The molecule has 0 spiro atoms. The first-order valence-electron chi connectivity index (χ1n) is 11.5. The number of nitrogens with zero attached hydrogens (tertiary/aromatic N) is 4. The van der Waals surface area contributed by atoms with Crippen molar-refractivity contribution < 1.29 is 22.8 Å². The third kappa shape index (κ3) is 5.09. The molecule has 1 aromatic heterocycles. The van der Waals surface area contributed by atoms with Gasteiger partial charge in [0.05, 0.1) is 28.7 Å². The summed E-state index contributed by atoms with van der Waals surface area (Å²) in [7, 11) is 1.56. The van der Waals surface area contributed by atoms with Gasteiger partial charge in [-0.15, -0.1) is 0 Å². The Balaban J connectivity index is 1.50. The molecule has 2 saturated heterocycles. The predicted molar refractivity (Wildman–Crippen MR) is 122 cm³/mol. The van der Waals surface area contributed by atoms with E-state index in [2.05, 4.69) is 10.3 Å². The van der Waals surface area contributed by atoms with Gasteiger partial charge in [0.25, 0.3) is 5.91 Å². The molecule has 0 bridgehead atoms. The number of rotatable bonds is 4. The van der Waals surface area contributed by atoms with Crippen LogP contribution in [0.5, 0.6) is 0 Å². The van der Waals surface area contributed by atoms with E-state index < -0.39 is 17.3 Å². The van der Waals surface area contributed by atoms with E-state index in [1.807, 2.05) is 0 Å². The average Bonchev–Trinajstić information content (AvgIpc) is 3.33. The molecule has 184 valence electrons. The molecule has 0 unspecified atom stereocenters. The first-order valence-corrected chi connectivity index (χ1v) is 11.5. The van der Waals surface area contributed by atoms with Gasteiger partial charge in [-0.2, -0.15) is 18.4 Å². The van der Waals surface area contributed by atoms with Crippen LogP contribution in [-0.4, -0.2) is 54.9 Å². The van der Waals surface area contributed by atoms with Crippen LogP contribution >= 0.6 is 0 Å². The van der Waals surface area contributed by atoms with Gasteiger partial charge in [0.1, 0.15) is 0 Å². The Labute approximate surface area is 201 Å². The van der Waals surface area contributed by atoms with Gasteiger partial charge < -0.3 is 15.1 Å². The van der Waals surface area contributed by atoms with Gasteiger partial charge in [-0.3, -0.25) is 14.6 Å². The lowest BCUT2D eigenvalue weighted by atomic mass is 9.78. The number of piperidine rings is 1. The van der Waals surface area contributed by atoms with Crippen molar-refractivity contribution in [1.82, 2.24) is 15.2 Å². The number of carbonyl (C=O) groups excluding carboxylic acids is 2. The van der Waals surface area contributed by atoms with E-state index in [0.29, 0.717) is 50.3 Å². The molecule has 0 radical (unpaired) electrons. The van der Waals surface area contributed by atoms with Crippen LogP contribution in [0.1, 0.15) is 34.3 Å². The summed E-state index contributed by atoms with van der Waals surface area (Å²) in [6.45, 7) is 1.82. The summed E-state index contributed by atoms with van der Waals surface area (Å²) in [5, 5.41) is 11.8. The Hall–Kier alpha value is -3.61. The van der Waals surface area contributed by atoms with Gasteiger partial charge >= 0.3 is 6.18 Å². The Bertz CT molecular complexity index is 1120. The third-order valence-electron chi connectivity index (χ3n) is 7.08. The molecule has 0 saturated carbocycles. The summed E-state index contributed by atoms with van der Waals surface area (Å²) < 4.78 is 40.5. The van der Waals surface area contributed by atoms with Gasteiger partial charge in [-0.1, -0.05) is 0 Å². The van der Waals surface area contributed by atoms with E-state index in [1.54, 1.807) is 41.2 Å². The zero-order valence-electron chi connectivity index (χ0n) is 19.3. The van der Waals surface area contributed by atoms with Crippen LogP contribution < -0.4 is 10.2 Å². The lowest BCUT2D eigenvalue weighted by Crippen LogP contribution is -2.43. The van der Waals surface area contributed by atoms with Crippen molar-refractivity contribution in [3.8, 4) is 6.07 Å². The molecule has 7 nitrogen and oxygen atoms in total. The van der Waals surface area contributed by atoms with Crippen LogP contribution in [-0.2, 0) is 11.0 Å². The van der Waals surface area contributed by atoms with Crippen LogP contribution in [0.25, 0.3) is 0 Å². The maximum absolute atomic E-state index is 13.5. The molecule has 10 heteroatoms. The minimum Gasteiger partial charge on any atom is -0.370 e. The molecule has 2 atom stereocenters. The van der Waals surface area contributed by atoms with Crippen molar-refractivity contribution in [3.05, 3.63) is 59.4 Å². The Morgan fingerprint density at radius 1 is 1.17 bits per heavy atom. The van der Waals surface area contributed by atoms with E-state index in [9.17, 15) is 22.8 Å². The fourth-order valence-corrected chi connectivity index (χ4v) is 5.24. The van der Waals surface area contributed by atoms with Crippen LogP contribution in [0.4, 0.5) is 18.9 Å². The summed E-state index contributed by atoms with van der Waals surface area (Å²) in [5.74, 6) is -0.507. The predicted octanol–water partition coefficient (Wildman–Crippen LogP) is 3.32. The smallest absolute Gasteiger partial charge is 0.370 e. The maximum atomic E-state index is 13.5. The van der Waals surface area contributed by atoms with E-state index in [0.717, 1.165) is 6.07 Å². The summed E-state index contributed by atoms with van der Waals surface area (Å²) in [6.07, 6.45) is -0.0800. The molecule has 2 fully saturated rings. The second-order valence-electron chi connectivity index (χ2n) is 9.00. The number of aromatic nitrogens is 1. The molecular weight excluding hydrogens is 459 g/mol. The molecule has 0 aliphatic carbocycles. The Kier molecular flexibility index (Phi) is 6.96. The summed E-state index contributed by atoms with van der Waals surface area (Å²) in [6, 6.07) is 8.73. The molecule has 2 amide bonds. The molecule has 35 heavy (non-hydrogen) atoms. The number of hydrogen-bond donors (Lipinski definition) is 1. The second-order valence-corrected chi connectivity index (χ2v) is 9.00. The number of pyridine rings is 1. The van der Waals surface area contributed by atoms with Crippen molar-refractivity contribution >= 4 is 17.5 Å². The zero-order valence-corrected chi connectivity index (χ0v) is 19.3. The third-order valence-corrected chi connectivity index (χ3v) is 7.08. The molecule has 2 aliphatic heterocycles. The van der Waals surface area contributed by atoms with Crippen LogP contribution in [0.3, 0.4) is 0 Å². The van der Waals surface area contributed by atoms with Crippen molar-refractivity contribution in [2.24, 2.45) is 17.8 Å². The second kappa shape index (κ2) is 9.94. The zero-order chi connectivity index (χ0) is 25.2. The summed E-state index contributed by atoms with van der Waals surface area (Å²) in [4.78, 5) is 33.0. The topological polar surface area (TPSA) is 89.3 Å². The normalized spacial score (nSPS) is 21.0. The van der Waals surface area contributed by atoms with Gasteiger partial charge in [-0.05, 0) is 55.0 Å². The van der Waals surface area contributed by atoms with Crippen molar-refractivity contribution in [2.75, 3.05) is 38.1 Å². The van der Waals surface area contributed by atoms with Crippen molar-refractivity contribution in [1.29, 1.82) is 5.26 Å². The number of benzene rings is 1. The molecule has 2 aliphatic rings. The largest absolute Gasteiger partial charge is 0.417 e. The highest BCUT2D eigenvalue weighted by molar-refractivity contribution is 5.93. The minimum absolute atomic E-state index is 0.0597. The Morgan fingerprint density at radius 2 is 1.91 bits per heavy atom. The SMILES string of the molecule is CNC(=O)[C@@H]1CN(c2ccc(C#N)c(C(F)(F)F)c2)C[C@H]1C1CCN(C(=O)c2cccnc2)CC1. The number of carbonyl (C=O) groups is 2. The lowest BCUT2D eigenvalue weighted by molar-refractivity contribution is -0.137. The quantitative estimate of drug-likeness (QED) is 0.718. The van der Waals surface area contributed by atoms with Gasteiger partial charge in [-0.25, -0.2) is 0 Å². The number of amides is 2. The van der Waals surface area contributed by atoms with Crippen molar-refractivity contribution in [2.45, 2.75) is 19.0 Å².